The molecule has 2 aromatic rings. The summed E-state index contributed by atoms with van der Waals surface area (Å²) in [5.74, 6) is -0.0673. The number of likely N-dealkylation sites (tertiary alicyclic amines) is 1. The van der Waals surface area contributed by atoms with Gasteiger partial charge < -0.3 is 19.7 Å². The van der Waals surface area contributed by atoms with Gasteiger partial charge in [-0.2, -0.15) is 0 Å². The highest BCUT2D eigenvalue weighted by atomic mass is 16.7. The summed E-state index contributed by atoms with van der Waals surface area (Å²) in [7, 11) is 0. The molecule has 0 saturated carbocycles. The second-order valence-electron chi connectivity index (χ2n) is 6.44. The summed E-state index contributed by atoms with van der Waals surface area (Å²) in [6.07, 6.45) is 4.99. The van der Waals surface area contributed by atoms with Crippen molar-refractivity contribution in [1.29, 1.82) is 0 Å². The number of rotatable bonds is 5. The molecule has 1 aliphatic rings. The molecule has 2 heterocycles. The number of amides is 2. The van der Waals surface area contributed by atoms with Crippen LogP contribution in [0.3, 0.4) is 0 Å². The molecule has 0 atom stereocenters. The van der Waals surface area contributed by atoms with Gasteiger partial charge in [0.1, 0.15) is 11.4 Å². The number of nitrogens with one attached hydrogen (secondary N) is 1. The minimum atomic E-state index is -0.785. The minimum Gasteiger partial charge on any atom is -0.434 e. The molecule has 3 rings (SSSR count). The van der Waals surface area contributed by atoms with Gasteiger partial charge >= 0.3 is 6.16 Å². The van der Waals surface area contributed by atoms with Crippen LogP contribution in [-0.2, 0) is 4.74 Å². The first-order chi connectivity index (χ1) is 14.1. The molecule has 1 aliphatic heterocycles. The molecule has 9 heteroatoms. The van der Waals surface area contributed by atoms with Crippen LogP contribution in [-0.4, -0.2) is 58.6 Å². The van der Waals surface area contributed by atoms with Crippen molar-refractivity contribution in [3.63, 3.8) is 0 Å². The fraction of sp³-hybridized carbons (Fsp3) is 0.350. The van der Waals surface area contributed by atoms with Gasteiger partial charge in [0.2, 0.25) is 0 Å². The van der Waals surface area contributed by atoms with Gasteiger partial charge in [-0.25, -0.2) is 9.78 Å². The fourth-order valence-corrected chi connectivity index (χ4v) is 2.99. The van der Waals surface area contributed by atoms with E-state index < -0.39 is 6.16 Å². The maximum Gasteiger partial charge on any atom is 0.513 e. The van der Waals surface area contributed by atoms with E-state index in [0.29, 0.717) is 42.9 Å². The molecular formula is C20H22N4O5. The number of hydrogen-bond acceptors (Lipinski definition) is 7. The molecule has 0 unspecified atom stereocenters. The Morgan fingerprint density at radius 3 is 2.48 bits per heavy atom. The Morgan fingerprint density at radius 2 is 1.86 bits per heavy atom. The Hall–Kier alpha value is -3.49. The quantitative estimate of drug-likeness (QED) is 0.606. The second-order valence-corrected chi connectivity index (χ2v) is 6.44. The first-order valence-corrected chi connectivity index (χ1v) is 9.37. The molecule has 152 valence electrons. The third-order valence-corrected chi connectivity index (χ3v) is 4.48. The van der Waals surface area contributed by atoms with Crippen LogP contribution in [0.5, 0.6) is 5.75 Å². The largest absolute Gasteiger partial charge is 0.513 e. The third kappa shape index (κ3) is 5.50. The minimum absolute atomic E-state index is 0.0242. The molecule has 0 radical (unpaired) electrons. The first kappa shape index (κ1) is 20.2. The van der Waals surface area contributed by atoms with Crippen LogP contribution in [0.1, 0.15) is 40.6 Å². The summed E-state index contributed by atoms with van der Waals surface area (Å²) in [6, 6.07) is 6.21. The predicted octanol–water partition coefficient (Wildman–Crippen LogP) is 2.05. The number of nitrogens with zero attached hydrogens (tertiary/aromatic N) is 3. The Morgan fingerprint density at radius 1 is 1.14 bits per heavy atom. The number of ether oxygens (including phenoxy) is 2. The van der Waals surface area contributed by atoms with E-state index >= 15 is 0 Å². The SMILES string of the molecule is CCOC(=O)Oc1ccc(C(=O)NC2CCN(C(=O)c3cnccn3)CC2)cc1. The summed E-state index contributed by atoms with van der Waals surface area (Å²) in [5, 5.41) is 2.98. The third-order valence-electron chi connectivity index (χ3n) is 4.48. The van der Waals surface area contributed by atoms with E-state index in [4.69, 9.17) is 9.47 Å². The van der Waals surface area contributed by atoms with Gasteiger partial charge in [-0.05, 0) is 44.0 Å². The van der Waals surface area contributed by atoms with Crippen molar-refractivity contribution in [1.82, 2.24) is 20.2 Å². The molecule has 1 fully saturated rings. The highest BCUT2D eigenvalue weighted by Crippen LogP contribution is 2.16. The lowest BCUT2D eigenvalue weighted by Gasteiger charge is -2.32. The van der Waals surface area contributed by atoms with Crippen molar-refractivity contribution in [2.75, 3.05) is 19.7 Å². The zero-order chi connectivity index (χ0) is 20.6. The molecule has 1 saturated heterocycles. The maximum absolute atomic E-state index is 12.4. The molecule has 0 aliphatic carbocycles. The average Bonchev–Trinajstić information content (AvgIpc) is 2.75. The maximum atomic E-state index is 12.4. The van der Waals surface area contributed by atoms with Crippen molar-refractivity contribution in [3.05, 3.63) is 54.1 Å². The molecule has 29 heavy (non-hydrogen) atoms. The number of piperidine rings is 1. The van der Waals surface area contributed by atoms with Gasteiger partial charge in [0.25, 0.3) is 11.8 Å². The fourth-order valence-electron chi connectivity index (χ4n) is 2.99. The van der Waals surface area contributed by atoms with E-state index in [0.717, 1.165) is 0 Å². The van der Waals surface area contributed by atoms with Crippen molar-refractivity contribution in [2.24, 2.45) is 0 Å². The van der Waals surface area contributed by atoms with Crippen LogP contribution in [0.4, 0.5) is 4.79 Å². The zero-order valence-corrected chi connectivity index (χ0v) is 16.0. The van der Waals surface area contributed by atoms with E-state index in [1.165, 1.54) is 30.7 Å². The van der Waals surface area contributed by atoms with Crippen molar-refractivity contribution < 1.29 is 23.9 Å². The van der Waals surface area contributed by atoms with E-state index in [2.05, 4.69) is 15.3 Å². The van der Waals surface area contributed by atoms with Crippen LogP contribution in [0, 0.1) is 0 Å². The summed E-state index contributed by atoms with van der Waals surface area (Å²) < 4.78 is 9.67. The van der Waals surface area contributed by atoms with E-state index in [1.54, 1.807) is 24.0 Å². The number of hydrogen-bond donors (Lipinski definition) is 1. The summed E-state index contributed by atoms with van der Waals surface area (Å²) in [6.45, 7) is 2.98. The van der Waals surface area contributed by atoms with Crippen LogP contribution in [0.2, 0.25) is 0 Å². The Labute approximate surface area is 168 Å². The smallest absolute Gasteiger partial charge is 0.434 e. The van der Waals surface area contributed by atoms with Gasteiger partial charge in [0, 0.05) is 37.1 Å². The van der Waals surface area contributed by atoms with Gasteiger partial charge in [-0.1, -0.05) is 0 Å². The van der Waals surface area contributed by atoms with Gasteiger partial charge in [-0.15, -0.1) is 0 Å². The van der Waals surface area contributed by atoms with E-state index in [9.17, 15) is 14.4 Å². The molecule has 1 aromatic heterocycles. The van der Waals surface area contributed by atoms with Crippen molar-refractivity contribution >= 4 is 18.0 Å². The second kappa shape index (κ2) is 9.63. The highest BCUT2D eigenvalue weighted by Gasteiger charge is 2.25. The normalized spacial score (nSPS) is 14.2. The van der Waals surface area contributed by atoms with Crippen LogP contribution < -0.4 is 10.1 Å². The zero-order valence-electron chi connectivity index (χ0n) is 16.0. The predicted molar refractivity (Wildman–Crippen MR) is 103 cm³/mol. The van der Waals surface area contributed by atoms with Gasteiger partial charge in [0.15, 0.2) is 0 Å². The topological polar surface area (TPSA) is 111 Å². The number of benzene rings is 1. The summed E-state index contributed by atoms with van der Waals surface area (Å²) in [4.78, 5) is 45.8. The number of carbonyl (C=O) groups excluding carboxylic acids is 3. The lowest BCUT2D eigenvalue weighted by molar-refractivity contribution is 0.0691. The van der Waals surface area contributed by atoms with Gasteiger partial charge in [-0.3, -0.25) is 14.6 Å². The number of aromatic nitrogens is 2. The Bertz CT molecular complexity index is 849. The van der Waals surface area contributed by atoms with Crippen molar-refractivity contribution in [3.8, 4) is 5.75 Å². The molecule has 1 aromatic carbocycles. The summed E-state index contributed by atoms with van der Waals surface area (Å²) in [5.41, 5.74) is 0.777. The van der Waals surface area contributed by atoms with Crippen LogP contribution >= 0.6 is 0 Å². The van der Waals surface area contributed by atoms with E-state index in [1.807, 2.05) is 0 Å². The molecule has 0 spiro atoms. The number of carbonyl (C=O) groups is 3. The lowest BCUT2D eigenvalue weighted by Crippen LogP contribution is -2.46. The Kier molecular flexibility index (Phi) is 6.72. The molecule has 0 bridgehead atoms. The standard InChI is InChI=1S/C20H22N4O5/c1-2-28-20(27)29-16-5-3-14(4-6-16)18(25)23-15-7-11-24(12-8-15)19(26)17-13-21-9-10-22-17/h3-6,9-10,13,15H,2,7-8,11-12H2,1H3,(H,23,25). The van der Waals surface area contributed by atoms with Gasteiger partial charge in [0.05, 0.1) is 12.8 Å². The molecule has 1 N–H and O–H groups in total. The molecule has 9 nitrogen and oxygen atoms in total. The summed E-state index contributed by atoms with van der Waals surface area (Å²) >= 11 is 0. The van der Waals surface area contributed by atoms with Crippen LogP contribution in [0.15, 0.2) is 42.9 Å². The molecular weight excluding hydrogens is 376 g/mol. The Balaban J connectivity index is 1.48. The lowest BCUT2D eigenvalue weighted by atomic mass is 10.0. The average molecular weight is 398 g/mol. The van der Waals surface area contributed by atoms with E-state index in [-0.39, 0.29) is 24.5 Å². The van der Waals surface area contributed by atoms with Crippen molar-refractivity contribution in [2.45, 2.75) is 25.8 Å². The molecule has 2 amide bonds. The first-order valence-electron chi connectivity index (χ1n) is 9.37. The highest BCUT2D eigenvalue weighted by molar-refractivity contribution is 5.94. The monoisotopic (exact) mass is 398 g/mol. The van der Waals surface area contributed by atoms with Crippen LogP contribution in [0.25, 0.3) is 0 Å².